The number of rotatable bonds is 6. The summed E-state index contributed by atoms with van der Waals surface area (Å²) in [5.74, 6) is -0.0302. The van der Waals surface area contributed by atoms with Crippen LogP contribution < -0.4 is 10.2 Å². The van der Waals surface area contributed by atoms with Crippen LogP contribution >= 0.6 is 0 Å². The van der Waals surface area contributed by atoms with Crippen molar-refractivity contribution in [2.24, 2.45) is 0 Å². The smallest absolute Gasteiger partial charge is 0.251 e. The molecule has 1 N–H and O–H groups in total. The molecule has 0 saturated heterocycles. The van der Waals surface area contributed by atoms with E-state index in [1.807, 2.05) is 24.3 Å². The van der Waals surface area contributed by atoms with Gasteiger partial charge in [-0.3, -0.25) is 4.79 Å². The summed E-state index contributed by atoms with van der Waals surface area (Å²) < 4.78 is 4.97. The van der Waals surface area contributed by atoms with Crippen molar-refractivity contribution in [3.63, 3.8) is 0 Å². The van der Waals surface area contributed by atoms with E-state index in [0.717, 1.165) is 25.2 Å². The van der Waals surface area contributed by atoms with Gasteiger partial charge in [0.2, 0.25) is 0 Å². The van der Waals surface area contributed by atoms with Gasteiger partial charge in [-0.05, 0) is 41.8 Å². The number of hydrogen-bond acceptors (Lipinski definition) is 3. The van der Waals surface area contributed by atoms with Gasteiger partial charge < -0.3 is 15.0 Å². The van der Waals surface area contributed by atoms with Crippen LogP contribution in [0, 0.1) is 0 Å². The highest BCUT2D eigenvalue weighted by molar-refractivity contribution is 5.94. The van der Waals surface area contributed by atoms with Crippen molar-refractivity contribution in [2.75, 3.05) is 25.2 Å². The lowest BCUT2D eigenvalue weighted by molar-refractivity contribution is 0.0948. The maximum absolute atomic E-state index is 12.1. The zero-order chi connectivity index (χ0) is 16.1. The van der Waals surface area contributed by atoms with Gasteiger partial charge in [-0.25, -0.2) is 0 Å². The molecular weight excluding hydrogens is 288 g/mol. The molecular formula is C19H22N2O2. The minimum atomic E-state index is -0.0302. The van der Waals surface area contributed by atoms with Gasteiger partial charge in [0.05, 0.1) is 0 Å². The van der Waals surface area contributed by atoms with Crippen LogP contribution in [-0.4, -0.2) is 26.2 Å². The number of ether oxygens (including phenoxy) is 1. The summed E-state index contributed by atoms with van der Waals surface area (Å²) >= 11 is 0. The predicted octanol–water partition coefficient (Wildman–Crippen LogP) is 2.97. The fourth-order valence-electron chi connectivity index (χ4n) is 2.86. The van der Waals surface area contributed by atoms with Crippen molar-refractivity contribution in [3.8, 4) is 0 Å². The van der Waals surface area contributed by atoms with E-state index >= 15 is 0 Å². The third-order valence-corrected chi connectivity index (χ3v) is 4.15. The molecule has 0 aromatic heterocycles. The summed E-state index contributed by atoms with van der Waals surface area (Å²) in [5.41, 5.74) is 4.61. The molecule has 3 rings (SSSR count). The number of anilines is 1. The summed E-state index contributed by atoms with van der Waals surface area (Å²) in [6, 6.07) is 16.4. The minimum absolute atomic E-state index is 0.0302. The molecule has 1 aliphatic rings. The van der Waals surface area contributed by atoms with E-state index in [9.17, 15) is 4.79 Å². The molecule has 0 radical (unpaired) electrons. The van der Waals surface area contributed by atoms with Crippen molar-refractivity contribution >= 4 is 11.6 Å². The number of fused-ring (bicyclic) bond motifs is 1. The zero-order valence-electron chi connectivity index (χ0n) is 13.4. The molecule has 0 atom stereocenters. The second-order valence-electron chi connectivity index (χ2n) is 5.77. The number of nitrogens with zero attached hydrogens (tertiary/aromatic N) is 1. The number of amides is 1. The maximum Gasteiger partial charge on any atom is 0.251 e. The maximum atomic E-state index is 12.1. The molecule has 1 amide bonds. The average Bonchev–Trinajstić information content (AvgIpc) is 3.03. The second-order valence-corrected chi connectivity index (χ2v) is 5.77. The van der Waals surface area contributed by atoms with Crippen molar-refractivity contribution in [1.29, 1.82) is 0 Å². The molecule has 2 aromatic rings. The lowest BCUT2D eigenvalue weighted by Crippen LogP contribution is -2.25. The number of benzene rings is 2. The van der Waals surface area contributed by atoms with Crippen LogP contribution in [0.3, 0.4) is 0 Å². The summed E-state index contributed by atoms with van der Waals surface area (Å²) in [4.78, 5) is 14.4. The molecule has 0 saturated carbocycles. The molecule has 4 heteroatoms. The molecule has 2 aromatic carbocycles. The molecule has 23 heavy (non-hydrogen) atoms. The SMILES string of the molecule is COCCCNC(=O)c1ccc(N2Cc3ccccc3C2)cc1. The zero-order valence-corrected chi connectivity index (χ0v) is 13.4. The quantitative estimate of drug-likeness (QED) is 0.834. The first-order valence-electron chi connectivity index (χ1n) is 7.97. The molecule has 120 valence electrons. The monoisotopic (exact) mass is 310 g/mol. The van der Waals surface area contributed by atoms with E-state index < -0.39 is 0 Å². The van der Waals surface area contributed by atoms with Gasteiger partial charge in [0.1, 0.15) is 0 Å². The van der Waals surface area contributed by atoms with E-state index in [2.05, 4.69) is 34.5 Å². The summed E-state index contributed by atoms with van der Waals surface area (Å²) in [7, 11) is 1.66. The van der Waals surface area contributed by atoms with Gasteiger partial charge in [0.15, 0.2) is 0 Å². The molecule has 0 spiro atoms. The fourth-order valence-corrected chi connectivity index (χ4v) is 2.86. The largest absolute Gasteiger partial charge is 0.385 e. The normalized spacial score (nSPS) is 13.0. The predicted molar refractivity (Wildman–Crippen MR) is 91.6 cm³/mol. The van der Waals surface area contributed by atoms with E-state index in [0.29, 0.717) is 18.7 Å². The lowest BCUT2D eigenvalue weighted by Gasteiger charge is -2.18. The Hall–Kier alpha value is -2.33. The summed E-state index contributed by atoms with van der Waals surface area (Å²) in [5, 5.41) is 2.90. The molecule has 0 bridgehead atoms. The van der Waals surface area contributed by atoms with Crippen molar-refractivity contribution < 1.29 is 9.53 Å². The van der Waals surface area contributed by atoms with Crippen LogP contribution in [0.4, 0.5) is 5.69 Å². The van der Waals surface area contributed by atoms with Gasteiger partial charge in [0.25, 0.3) is 5.91 Å². The molecule has 1 aliphatic heterocycles. The molecule has 0 fully saturated rings. The number of nitrogens with one attached hydrogen (secondary N) is 1. The fraction of sp³-hybridized carbons (Fsp3) is 0.316. The van der Waals surface area contributed by atoms with Crippen molar-refractivity contribution in [1.82, 2.24) is 5.32 Å². The van der Waals surface area contributed by atoms with Gasteiger partial charge in [0, 0.05) is 44.6 Å². The molecule has 1 heterocycles. The van der Waals surface area contributed by atoms with E-state index in [1.54, 1.807) is 7.11 Å². The van der Waals surface area contributed by atoms with E-state index in [4.69, 9.17) is 4.74 Å². The Morgan fingerprint density at radius 1 is 1.09 bits per heavy atom. The topological polar surface area (TPSA) is 41.6 Å². The van der Waals surface area contributed by atoms with Crippen LogP contribution in [0.1, 0.15) is 27.9 Å². The van der Waals surface area contributed by atoms with Gasteiger partial charge in [-0.15, -0.1) is 0 Å². The first kappa shape index (κ1) is 15.6. The third kappa shape index (κ3) is 3.71. The van der Waals surface area contributed by atoms with Crippen LogP contribution in [-0.2, 0) is 17.8 Å². The van der Waals surface area contributed by atoms with Crippen molar-refractivity contribution in [3.05, 3.63) is 65.2 Å². The standard InChI is InChI=1S/C19H22N2O2/c1-23-12-4-11-20-19(22)15-7-9-18(10-8-15)21-13-16-5-2-3-6-17(16)14-21/h2-3,5-10H,4,11-14H2,1H3,(H,20,22). The van der Waals surface area contributed by atoms with Crippen LogP contribution in [0.2, 0.25) is 0 Å². The van der Waals surface area contributed by atoms with Gasteiger partial charge in [-0.1, -0.05) is 24.3 Å². The highest BCUT2D eigenvalue weighted by Crippen LogP contribution is 2.28. The number of carbonyl (C=O) groups excluding carboxylic acids is 1. The van der Waals surface area contributed by atoms with E-state index in [-0.39, 0.29) is 5.91 Å². The Morgan fingerprint density at radius 2 is 1.74 bits per heavy atom. The first-order valence-corrected chi connectivity index (χ1v) is 7.97. The Labute approximate surface area is 137 Å². The Balaban J connectivity index is 1.59. The van der Waals surface area contributed by atoms with Gasteiger partial charge in [-0.2, -0.15) is 0 Å². The first-order chi connectivity index (χ1) is 11.3. The summed E-state index contributed by atoms with van der Waals surface area (Å²) in [6.07, 6.45) is 0.826. The highest BCUT2D eigenvalue weighted by atomic mass is 16.5. The van der Waals surface area contributed by atoms with Crippen LogP contribution in [0.15, 0.2) is 48.5 Å². The number of hydrogen-bond donors (Lipinski definition) is 1. The second kappa shape index (κ2) is 7.29. The molecule has 4 nitrogen and oxygen atoms in total. The Morgan fingerprint density at radius 3 is 2.35 bits per heavy atom. The van der Waals surface area contributed by atoms with E-state index in [1.165, 1.54) is 11.1 Å². The highest BCUT2D eigenvalue weighted by Gasteiger charge is 2.18. The molecule has 0 aliphatic carbocycles. The molecule has 0 unspecified atom stereocenters. The average molecular weight is 310 g/mol. The van der Waals surface area contributed by atoms with Crippen molar-refractivity contribution in [2.45, 2.75) is 19.5 Å². The van der Waals surface area contributed by atoms with Gasteiger partial charge >= 0.3 is 0 Å². The minimum Gasteiger partial charge on any atom is -0.385 e. The lowest BCUT2D eigenvalue weighted by atomic mass is 10.1. The Kier molecular flexibility index (Phi) is 4.93. The number of methoxy groups -OCH3 is 1. The number of carbonyl (C=O) groups is 1. The summed E-state index contributed by atoms with van der Waals surface area (Å²) in [6.45, 7) is 3.15. The van der Waals surface area contributed by atoms with Crippen LogP contribution in [0.5, 0.6) is 0 Å². The Bertz CT molecular complexity index is 642. The third-order valence-electron chi connectivity index (χ3n) is 4.15. The van der Waals surface area contributed by atoms with Crippen LogP contribution in [0.25, 0.3) is 0 Å².